The van der Waals surface area contributed by atoms with Gasteiger partial charge in [0, 0.05) is 12.2 Å². The number of nitrogens with two attached hydrogens (primary N) is 2. The fraction of sp³-hybridized carbons (Fsp3) is 0.182. The largest absolute Gasteiger partial charge is 0.416 e. The maximum Gasteiger partial charge on any atom is 0.416 e. The van der Waals surface area contributed by atoms with Crippen molar-refractivity contribution in [3.63, 3.8) is 0 Å². The molecule has 0 bridgehead atoms. The number of amides is 3. The van der Waals surface area contributed by atoms with Crippen LogP contribution in [0.25, 0.3) is 0 Å². The van der Waals surface area contributed by atoms with Crippen LogP contribution in [0.5, 0.6) is 0 Å². The fourth-order valence-corrected chi connectivity index (χ4v) is 3.88. The van der Waals surface area contributed by atoms with E-state index in [2.05, 4.69) is 9.69 Å². The Kier molecular flexibility index (Phi) is 7.20. The predicted molar refractivity (Wildman–Crippen MR) is 121 cm³/mol. The molecular formula is C22H20F3N5O3S. The van der Waals surface area contributed by atoms with Gasteiger partial charge < -0.3 is 16.8 Å². The molecule has 3 rings (SSSR count). The first-order valence-corrected chi connectivity index (χ1v) is 10.7. The summed E-state index contributed by atoms with van der Waals surface area (Å²) in [4.78, 5) is 38.4. The summed E-state index contributed by atoms with van der Waals surface area (Å²) < 4.78 is 43.7. The molecule has 12 heteroatoms. The topological polar surface area (TPSA) is 131 Å². The molecule has 0 radical (unpaired) electrons. The maximum atomic E-state index is 13.4. The van der Waals surface area contributed by atoms with Crippen LogP contribution in [-0.2, 0) is 17.5 Å². The minimum atomic E-state index is -4.67. The first kappa shape index (κ1) is 24.7. The number of primary amides is 1. The summed E-state index contributed by atoms with van der Waals surface area (Å²) in [5.41, 5.74) is 10.0. The number of hydrogen-bond acceptors (Lipinski definition) is 6. The molecule has 8 nitrogen and oxygen atoms in total. The van der Waals surface area contributed by atoms with Crippen LogP contribution in [0.3, 0.4) is 0 Å². The fourth-order valence-electron chi connectivity index (χ4n) is 3.14. The third-order valence-corrected chi connectivity index (χ3v) is 5.75. The summed E-state index contributed by atoms with van der Waals surface area (Å²) in [5, 5.41) is 2.67. The summed E-state index contributed by atoms with van der Waals surface area (Å²) in [6, 6.07) is 11.7. The Morgan fingerprint density at radius 1 is 1.12 bits per heavy atom. The molecule has 1 heterocycles. The molecule has 0 saturated heterocycles. The van der Waals surface area contributed by atoms with Gasteiger partial charge in [-0.2, -0.15) is 17.5 Å². The van der Waals surface area contributed by atoms with E-state index in [1.165, 1.54) is 13.0 Å². The van der Waals surface area contributed by atoms with Gasteiger partial charge in [-0.15, -0.1) is 0 Å². The highest BCUT2D eigenvalue weighted by molar-refractivity contribution is 7.09. The van der Waals surface area contributed by atoms with E-state index in [9.17, 15) is 27.6 Å². The van der Waals surface area contributed by atoms with Crippen LogP contribution in [0.4, 0.5) is 24.5 Å². The quantitative estimate of drug-likeness (QED) is 0.467. The van der Waals surface area contributed by atoms with Crippen molar-refractivity contribution in [3.05, 3.63) is 76.3 Å². The van der Waals surface area contributed by atoms with Crippen molar-refractivity contribution in [2.75, 3.05) is 10.6 Å². The number of nitrogens with one attached hydrogen (secondary N) is 1. The Balaban J connectivity index is 1.99. The average Bonchev–Trinajstić information content (AvgIpc) is 3.19. The van der Waals surface area contributed by atoms with Crippen LogP contribution in [0, 0.1) is 0 Å². The van der Waals surface area contributed by atoms with Crippen LogP contribution in [-0.4, -0.2) is 28.1 Å². The number of hydrogen-bond donors (Lipinski definition) is 3. The molecule has 1 atom stereocenters. The number of halogens is 3. The number of carbonyl (C=O) groups is 3. The van der Waals surface area contributed by atoms with Crippen LogP contribution < -0.4 is 21.7 Å². The Morgan fingerprint density at radius 3 is 2.38 bits per heavy atom. The Bertz CT molecular complexity index is 1210. The van der Waals surface area contributed by atoms with Gasteiger partial charge in [0.1, 0.15) is 10.9 Å². The van der Waals surface area contributed by atoms with E-state index >= 15 is 0 Å². The minimum Gasteiger partial charge on any atom is -0.395 e. The molecule has 1 unspecified atom stereocenters. The van der Waals surface area contributed by atoms with E-state index in [1.54, 1.807) is 24.3 Å². The van der Waals surface area contributed by atoms with Crippen LogP contribution >= 0.6 is 11.5 Å². The summed E-state index contributed by atoms with van der Waals surface area (Å²) in [5.74, 6) is -2.48. The molecule has 178 valence electrons. The number of nitrogens with zero attached hydrogens (tertiary/aromatic N) is 2. The number of benzene rings is 2. The Hall–Kier alpha value is -3.93. The molecule has 1 aromatic heterocycles. The molecular weight excluding hydrogens is 471 g/mol. The molecule has 3 amide bonds. The van der Waals surface area contributed by atoms with Gasteiger partial charge in [-0.25, -0.2) is 0 Å². The molecule has 34 heavy (non-hydrogen) atoms. The van der Waals surface area contributed by atoms with E-state index in [0.29, 0.717) is 11.5 Å². The standard InChI is InChI=1S/C22H20F3N5O3S/c1-12(20(32)28-11-13-6-3-2-4-7-13)30(15-9-5-8-14(10-15)22(23,24)25)21(33)18-16(26)17(19(27)31)29-34-18/h2-10,12H,11,26H2,1H3,(H2,27,31)(H,28,32). The zero-order valence-electron chi connectivity index (χ0n) is 17.8. The van der Waals surface area contributed by atoms with Crippen LogP contribution in [0.2, 0.25) is 0 Å². The van der Waals surface area contributed by atoms with Gasteiger partial charge >= 0.3 is 6.18 Å². The second kappa shape index (κ2) is 9.91. The van der Waals surface area contributed by atoms with Crippen molar-refractivity contribution in [2.45, 2.75) is 25.7 Å². The molecule has 2 aromatic carbocycles. The monoisotopic (exact) mass is 491 g/mol. The zero-order chi connectivity index (χ0) is 25.0. The maximum absolute atomic E-state index is 13.4. The molecule has 3 aromatic rings. The van der Waals surface area contributed by atoms with Crippen molar-refractivity contribution < 1.29 is 27.6 Å². The third kappa shape index (κ3) is 5.34. The van der Waals surface area contributed by atoms with Gasteiger partial charge in [-0.1, -0.05) is 36.4 Å². The second-order valence-corrected chi connectivity index (χ2v) is 8.01. The molecule has 0 aliphatic carbocycles. The molecule has 0 aliphatic heterocycles. The number of rotatable bonds is 7. The van der Waals surface area contributed by atoms with Gasteiger partial charge in [0.15, 0.2) is 5.69 Å². The lowest BCUT2D eigenvalue weighted by molar-refractivity contribution is -0.137. The summed E-state index contributed by atoms with van der Waals surface area (Å²) in [7, 11) is 0. The number of anilines is 2. The molecule has 0 aliphatic rings. The highest BCUT2D eigenvalue weighted by atomic mass is 32.1. The average molecular weight is 491 g/mol. The third-order valence-electron chi connectivity index (χ3n) is 4.90. The second-order valence-electron chi connectivity index (χ2n) is 7.24. The molecule has 0 spiro atoms. The minimum absolute atomic E-state index is 0.142. The van der Waals surface area contributed by atoms with Crippen molar-refractivity contribution in [3.8, 4) is 0 Å². The van der Waals surface area contributed by atoms with Gasteiger partial charge in [-0.05, 0) is 42.2 Å². The zero-order valence-corrected chi connectivity index (χ0v) is 18.6. The smallest absolute Gasteiger partial charge is 0.395 e. The van der Waals surface area contributed by atoms with Gasteiger partial charge in [-0.3, -0.25) is 19.3 Å². The number of alkyl halides is 3. The van der Waals surface area contributed by atoms with E-state index in [4.69, 9.17) is 11.5 Å². The predicted octanol–water partition coefficient (Wildman–Crippen LogP) is 3.19. The van der Waals surface area contributed by atoms with Crippen molar-refractivity contribution in [1.29, 1.82) is 0 Å². The van der Waals surface area contributed by atoms with Gasteiger partial charge in [0.05, 0.1) is 11.3 Å². The van der Waals surface area contributed by atoms with Crippen molar-refractivity contribution >= 4 is 40.6 Å². The Labute approximate surface area is 196 Å². The highest BCUT2D eigenvalue weighted by Gasteiger charge is 2.35. The summed E-state index contributed by atoms with van der Waals surface area (Å²) in [6.45, 7) is 1.51. The van der Waals surface area contributed by atoms with Crippen LogP contribution in [0.15, 0.2) is 54.6 Å². The van der Waals surface area contributed by atoms with E-state index in [1.807, 2.05) is 6.07 Å². The SMILES string of the molecule is CC(C(=O)NCc1ccccc1)N(C(=O)c1snc(C(N)=O)c1N)c1cccc(C(F)(F)F)c1. The summed E-state index contributed by atoms with van der Waals surface area (Å²) in [6.07, 6.45) is -4.67. The van der Waals surface area contributed by atoms with Crippen LogP contribution in [0.1, 0.15) is 38.2 Å². The number of nitrogen functional groups attached to an aromatic ring is 1. The van der Waals surface area contributed by atoms with Crippen molar-refractivity contribution in [1.82, 2.24) is 9.69 Å². The number of aromatic nitrogens is 1. The lowest BCUT2D eigenvalue weighted by Gasteiger charge is -2.29. The van der Waals surface area contributed by atoms with E-state index in [0.717, 1.165) is 28.7 Å². The Morgan fingerprint density at radius 2 is 1.79 bits per heavy atom. The van der Waals surface area contributed by atoms with E-state index < -0.39 is 35.5 Å². The first-order valence-electron chi connectivity index (χ1n) is 9.88. The highest BCUT2D eigenvalue weighted by Crippen LogP contribution is 2.33. The van der Waals surface area contributed by atoms with E-state index in [-0.39, 0.29) is 28.5 Å². The van der Waals surface area contributed by atoms with Gasteiger partial charge in [0.25, 0.3) is 11.8 Å². The molecule has 5 N–H and O–H groups in total. The number of carbonyl (C=O) groups excluding carboxylic acids is 3. The molecule has 0 fully saturated rings. The van der Waals surface area contributed by atoms with Gasteiger partial charge in [0.2, 0.25) is 5.91 Å². The normalized spacial score (nSPS) is 12.1. The first-order chi connectivity index (χ1) is 16.0. The van der Waals surface area contributed by atoms with Crippen molar-refractivity contribution in [2.24, 2.45) is 5.73 Å². The molecule has 0 saturated carbocycles. The summed E-state index contributed by atoms with van der Waals surface area (Å²) >= 11 is 0.564. The lowest BCUT2D eigenvalue weighted by Crippen LogP contribution is -2.48. The lowest BCUT2D eigenvalue weighted by atomic mass is 10.1.